The normalized spacial score (nSPS) is 11.5. The molecule has 0 aliphatic heterocycles. The van der Waals surface area contributed by atoms with Crippen LogP contribution in [0.5, 0.6) is 0 Å². The summed E-state index contributed by atoms with van der Waals surface area (Å²) in [7, 11) is 0. The number of rotatable bonds is 1. The number of aromatic nitrogens is 3. The number of halogens is 2. The maximum Gasteiger partial charge on any atom is 0.179 e. The molecule has 2 rings (SSSR count). The number of nitrogens with one attached hydrogen (secondary N) is 1. The monoisotopic (exact) mass is 229 g/mol. The third-order valence-corrected chi connectivity index (χ3v) is 2.62. The van der Waals surface area contributed by atoms with Gasteiger partial charge in [-0.1, -0.05) is 37.0 Å². The van der Waals surface area contributed by atoms with Crippen molar-refractivity contribution in [3.63, 3.8) is 0 Å². The molecule has 0 saturated heterocycles. The largest absolute Gasteiger partial charge is 0.340 e. The summed E-state index contributed by atoms with van der Waals surface area (Å²) in [6, 6.07) is 1.74. The van der Waals surface area contributed by atoms with Crippen LogP contribution in [0.4, 0.5) is 0 Å². The fourth-order valence-corrected chi connectivity index (χ4v) is 1.47. The average molecular weight is 230 g/mol. The van der Waals surface area contributed by atoms with Crippen LogP contribution in [0, 0.1) is 0 Å². The van der Waals surface area contributed by atoms with Gasteiger partial charge in [-0.15, -0.1) is 0 Å². The van der Waals surface area contributed by atoms with Gasteiger partial charge in [0.15, 0.2) is 5.65 Å². The standard InChI is InChI=1S/C9H9Cl2N3/c1-4(2)8-12-6-3-5(10)7(11)13-9(6)14-8/h3-4H,1-2H3,(H,12,13,14). The van der Waals surface area contributed by atoms with Crippen LogP contribution >= 0.6 is 23.2 Å². The van der Waals surface area contributed by atoms with E-state index in [9.17, 15) is 0 Å². The van der Waals surface area contributed by atoms with E-state index in [0.29, 0.717) is 21.7 Å². The molecule has 0 radical (unpaired) electrons. The lowest BCUT2D eigenvalue weighted by molar-refractivity contribution is 0.798. The van der Waals surface area contributed by atoms with Crippen LogP contribution in [0.2, 0.25) is 10.2 Å². The first-order chi connectivity index (χ1) is 6.58. The van der Waals surface area contributed by atoms with Crippen molar-refractivity contribution in [3.8, 4) is 0 Å². The maximum atomic E-state index is 5.83. The summed E-state index contributed by atoms with van der Waals surface area (Å²) >= 11 is 11.6. The highest BCUT2D eigenvalue weighted by Gasteiger charge is 2.09. The van der Waals surface area contributed by atoms with Crippen molar-refractivity contribution in [1.29, 1.82) is 0 Å². The lowest BCUT2D eigenvalue weighted by Crippen LogP contribution is -1.88. The van der Waals surface area contributed by atoms with E-state index in [1.54, 1.807) is 6.07 Å². The van der Waals surface area contributed by atoms with Crippen molar-refractivity contribution >= 4 is 34.4 Å². The third-order valence-electron chi connectivity index (χ3n) is 1.95. The Labute approximate surface area is 91.5 Å². The molecule has 3 nitrogen and oxygen atoms in total. The molecule has 14 heavy (non-hydrogen) atoms. The summed E-state index contributed by atoms with van der Waals surface area (Å²) in [5.41, 5.74) is 1.44. The van der Waals surface area contributed by atoms with Gasteiger partial charge in [-0.05, 0) is 6.07 Å². The molecule has 0 spiro atoms. The van der Waals surface area contributed by atoms with Crippen LogP contribution in [0.3, 0.4) is 0 Å². The van der Waals surface area contributed by atoms with Crippen molar-refractivity contribution in [1.82, 2.24) is 15.0 Å². The Bertz CT molecular complexity index is 437. The summed E-state index contributed by atoms with van der Waals surface area (Å²) in [6.07, 6.45) is 0. The van der Waals surface area contributed by atoms with Gasteiger partial charge < -0.3 is 4.98 Å². The summed E-state index contributed by atoms with van der Waals surface area (Å²) in [5.74, 6) is 1.23. The third kappa shape index (κ3) is 1.57. The van der Waals surface area contributed by atoms with E-state index in [0.717, 1.165) is 11.3 Å². The first-order valence-corrected chi connectivity index (χ1v) is 5.05. The van der Waals surface area contributed by atoms with Crippen molar-refractivity contribution in [2.45, 2.75) is 19.8 Å². The molecule has 0 atom stereocenters. The number of hydrogen-bond acceptors (Lipinski definition) is 2. The van der Waals surface area contributed by atoms with Gasteiger partial charge >= 0.3 is 0 Å². The molecular formula is C9H9Cl2N3. The van der Waals surface area contributed by atoms with Gasteiger partial charge in [-0.25, -0.2) is 9.97 Å². The number of pyridine rings is 1. The van der Waals surface area contributed by atoms with Crippen LogP contribution in [-0.2, 0) is 0 Å². The molecule has 0 bridgehead atoms. The zero-order valence-corrected chi connectivity index (χ0v) is 9.32. The quantitative estimate of drug-likeness (QED) is 0.763. The SMILES string of the molecule is CC(C)c1nc2nc(Cl)c(Cl)cc2[nH]1. The predicted molar refractivity (Wildman–Crippen MR) is 58.0 cm³/mol. The number of aromatic amines is 1. The summed E-state index contributed by atoms with van der Waals surface area (Å²) in [4.78, 5) is 11.5. The Morgan fingerprint density at radius 2 is 2.00 bits per heavy atom. The zero-order chi connectivity index (χ0) is 10.3. The van der Waals surface area contributed by atoms with Crippen LogP contribution in [-0.4, -0.2) is 15.0 Å². The summed E-state index contributed by atoms with van der Waals surface area (Å²) in [5, 5.41) is 0.735. The van der Waals surface area contributed by atoms with Crippen LogP contribution in [0.25, 0.3) is 11.2 Å². The minimum atomic E-state index is 0.293. The number of fused-ring (bicyclic) bond motifs is 1. The van der Waals surface area contributed by atoms with Crippen LogP contribution in [0.1, 0.15) is 25.6 Å². The second-order valence-electron chi connectivity index (χ2n) is 3.41. The smallest absolute Gasteiger partial charge is 0.179 e. The van der Waals surface area contributed by atoms with Gasteiger partial charge in [-0.3, -0.25) is 0 Å². The molecule has 0 fully saturated rings. The number of H-pyrrole nitrogens is 1. The molecule has 2 heterocycles. The molecule has 0 amide bonds. The van der Waals surface area contributed by atoms with E-state index in [2.05, 4.69) is 28.8 Å². The molecule has 74 valence electrons. The minimum absolute atomic E-state index is 0.293. The molecule has 0 aromatic carbocycles. The molecule has 2 aromatic heterocycles. The van der Waals surface area contributed by atoms with Crippen LogP contribution < -0.4 is 0 Å². The van der Waals surface area contributed by atoms with Gasteiger partial charge in [0.1, 0.15) is 11.0 Å². The second-order valence-corrected chi connectivity index (χ2v) is 4.17. The van der Waals surface area contributed by atoms with E-state index in [-0.39, 0.29) is 0 Å². The molecule has 0 aliphatic rings. The van der Waals surface area contributed by atoms with Crippen LogP contribution in [0.15, 0.2) is 6.07 Å². The second kappa shape index (κ2) is 3.41. The Balaban J connectivity index is 2.66. The fraction of sp³-hybridized carbons (Fsp3) is 0.333. The lowest BCUT2D eigenvalue weighted by Gasteiger charge is -1.95. The molecule has 0 saturated carbocycles. The first kappa shape index (κ1) is 9.74. The zero-order valence-electron chi connectivity index (χ0n) is 7.81. The van der Waals surface area contributed by atoms with Gasteiger partial charge in [0, 0.05) is 5.92 Å². The predicted octanol–water partition coefficient (Wildman–Crippen LogP) is 3.39. The minimum Gasteiger partial charge on any atom is -0.340 e. The molecule has 0 aliphatic carbocycles. The van der Waals surface area contributed by atoms with E-state index in [4.69, 9.17) is 23.2 Å². The molecular weight excluding hydrogens is 221 g/mol. The number of imidazole rings is 1. The highest BCUT2D eigenvalue weighted by Crippen LogP contribution is 2.24. The number of hydrogen-bond donors (Lipinski definition) is 1. The van der Waals surface area contributed by atoms with E-state index in [1.807, 2.05) is 0 Å². The van der Waals surface area contributed by atoms with E-state index in [1.165, 1.54) is 0 Å². The fourth-order valence-electron chi connectivity index (χ4n) is 1.19. The van der Waals surface area contributed by atoms with Crippen molar-refractivity contribution < 1.29 is 0 Å². The average Bonchev–Trinajstić information content (AvgIpc) is 2.48. The Morgan fingerprint density at radius 3 is 2.64 bits per heavy atom. The molecule has 1 N–H and O–H groups in total. The molecule has 0 unspecified atom stereocenters. The maximum absolute atomic E-state index is 5.83. The Morgan fingerprint density at radius 1 is 1.29 bits per heavy atom. The molecule has 5 heteroatoms. The highest BCUT2D eigenvalue weighted by atomic mass is 35.5. The summed E-state index contributed by atoms with van der Waals surface area (Å²) in [6.45, 7) is 4.11. The number of nitrogens with zero attached hydrogens (tertiary/aromatic N) is 2. The van der Waals surface area contributed by atoms with E-state index < -0.39 is 0 Å². The van der Waals surface area contributed by atoms with Crippen molar-refractivity contribution in [3.05, 3.63) is 22.1 Å². The van der Waals surface area contributed by atoms with Gasteiger partial charge in [0.2, 0.25) is 0 Å². The van der Waals surface area contributed by atoms with Gasteiger partial charge in [0.25, 0.3) is 0 Å². The van der Waals surface area contributed by atoms with E-state index >= 15 is 0 Å². The van der Waals surface area contributed by atoms with Crippen molar-refractivity contribution in [2.75, 3.05) is 0 Å². The van der Waals surface area contributed by atoms with Gasteiger partial charge in [-0.2, -0.15) is 0 Å². The first-order valence-electron chi connectivity index (χ1n) is 4.29. The Kier molecular flexibility index (Phi) is 2.37. The summed E-state index contributed by atoms with van der Waals surface area (Å²) < 4.78 is 0. The lowest BCUT2D eigenvalue weighted by atomic mass is 10.2. The Hall–Kier alpha value is -0.800. The molecule has 2 aromatic rings. The van der Waals surface area contributed by atoms with Crippen molar-refractivity contribution in [2.24, 2.45) is 0 Å². The van der Waals surface area contributed by atoms with Gasteiger partial charge in [0.05, 0.1) is 10.5 Å². The highest BCUT2D eigenvalue weighted by molar-refractivity contribution is 6.41. The topological polar surface area (TPSA) is 41.6 Å².